The van der Waals surface area contributed by atoms with E-state index >= 15 is 0 Å². The second kappa shape index (κ2) is 7.15. The van der Waals surface area contributed by atoms with Crippen LogP contribution in [0, 0.1) is 11.3 Å². The molecule has 0 radical (unpaired) electrons. The van der Waals surface area contributed by atoms with Gasteiger partial charge in [-0.1, -0.05) is 78.9 Å². The molecule has 128 valence electrons. The summed E-state index contributed by atoms with van der Waals surface area (Å²) < 4.78 is 0. The van der Waals surface area contributed by atoms with E-state index in [1.54, 1.807) is 0 Å². The van der Waals surface area contributed by atoms with Gasteiger partial charge in [0.25, 0.3) is 0 Å². The maximum absolute atomic E-state index is 10.2. The van der Waals surface area contributed by atoms with Gasteiger partial charge in [0.2, 0.25) is 0 Å². The Hall–Kier alpha value is -2.89. The molecule has 1 aliphatic rings. The predicted octanol–water partition coefficient (Wildman–Crippen LogP) is 5.05. The molecule has 0 heterocycles. The molecule has 26 heavy (non-hydrogen) atoms. The molecule has 0 saturated heterocycles. The van der Waals surface area contributed by atoms with Gasteiger partial charge in [0.1, 0.15) is 5.41 Å². The lowest BCUT2D eigenvalue weighted by atomic mass is 9.76. The third kappa shape index (κ3) is 2.81. The van der Waals surface area contributed by atoms with Crippen LogP contribution < -0.4 is 5.32 Å². The first-order valence-electron chi connectivity index (χ1n) is 9.20. The van der Waals surface area contributed by atoms with Crippen LogP contribution in [-0.4, -0.2) is 6.54 Å². The summed E-state index contributed by atoms with van der Waals surface area (Å²) in [5, 5.41) is 13.7. The number of hydrogen-bond donors (Lipinski definition) is 1. The van der Waals surface area contributed by atoms with Gasteiger partial charge in [-0.15, -0.1) is 0 Å². The van der Waals surface area contributed by atoms with Crippen LogP contribution in [-0.2, 0) is 12.0 Å². The molecule has 4 rings (SSSR count). The summed E-state index contributed by atoms with van der Waals surface area (Å²) in [6.07, 6.45) is 1.79. The van der Waals surface area contributed by atoms with Gasteiger partial charge in [0.15, 0.2) is 0 Å². The SMILES string of the molecule is N#CC1(CCCNCc2ccccc2)c2ccccc2-c2ccccc21. The Bertz CT molecular complexity index is 892. The zero-order valence-electron chi connectivity index (χ0n) is 14.8. The molecule has 0 unspecified atom stereocenters. The zero-order chi connectivity index (χ0) is 17.8. The van der Waals surface area contributed by atoms with Crippen LogP contribution in [0.1, 0.15) is 29.5 Å². The number of nitrogens with zero attached hydrogens (tertiary/aromatic N) is 1. The van der Waals surface area contributed by atoms with Crippen LogP contribution in [0.5, 0.6) is 0 Å². The molecule has 0 fully saturated rings. The van der Waals surface area contributed by atoms with Crippen LogP contribution >= 0.6 is 0 Å². The van der Waals surface area contributed by atoms with E-state index < -0.39 is 5.41 Å². The van der Waals surface area contributed by atoms with Gasteiger partial charge in [-0.25, -0.2) is 0 Å². The zero-order valence-corrected chi connectivity index (χ0v) is 14.8. The normalized spacial score (nSPS) is 13.7. The van der Waals surface area contributed by atoms with E-state index in [4.69, 9.17) is 0 Å². The lowest BCUT2D eigenvalue weighted by molar-refractivity contribution is 0.540. The van der Waals surface area contributed by atoms with E-state index in [1.165, 1.54) is 16.7 Å². The Morgan fingerprint density at radius 2 is 1.35 bits per heavy atom. The van der Waals surface area contributed by atoms with Gasteiger partial charge in [0.05, 0.1) is 6.07 Å². The van der Waals surface area contributed by atoms with Crippen molar-refractivity contribution in [1.29, 1.82) is 5.26 Å². The lowest BCUT2D eigenvalue weighted by Crippen LogP contribution is -2.25. The third-order valence-electron chi connectivity index (χ3n) is 5.33. The number of nitriles is 1. The van der Waals surface area contributed by atoms with Crippen molar-refractivity contribution < 1.29 is 0 Å². The molecule has 1 aliphatic carbocycles. The quantitative estimate of drug-likeness (QED) is 0.639. The highest BCUT2D eigenvalue weighted by Gasteiger charge is 2.42. The van der Waals surface area contributed by atoms with E-state index in [2.05, 4.69) is 72.0 Å². The Balaban J connectivity index is 1.50. The van der Waals surface area contributed by atoms with Crippen molar-refractivity contribution in [3.8, 4) is 17.2 Å². The van der Waals surface area contributed by atoms with Crippen LogP contribution in [0.15, 0.2) is 78.9 Å². The smallest absolute Gasteiger partial charge is 0.108 e. The number of fused-ring (bicyclic) bond motifs is 3. The number of rotatable bonds is 6. The van der Waals surface area contributed by atoms with E-state index in [1.807, 2.05) is 18.2 Å². The van der Waals surface area contributed by atoms with E-state index in [0.29, 0.717) is 0 Å². The molecule has 3 aromatic carbocycles. The Morgan fingerprint density at radius 1 is 0.769 bits per heavy atom. The first-order valence-corrected chi connectivity index (χ1v) is 9.20. The topological polar surface area (TPSA) is 35.8 Å². The average Bonchev–Trinajstić information content (AvgIpc) is 2.99. The van der Waals surface area contributed by atoms with Gasteiger partial charge in [-0.3, -0.25) is 0 Å². The number of nitrogens with one attached hydrogen (secondary N) is 1. The summed E-state index contributed by atoms with van der Waals surface area (Å²) in [7, 11) is 0. The Labute approximate surface area is 155 Å². The van der Waals surface area contributed by atoms with Crippen molar-refractivity contribution in [3.05, 3.63) is 95.6 Å². The number of benzene rings is 3. The average molecular weight is 338 g/mol. The third-order valence-corrected chi connectivity index (χ3v) is 5.33. The largest absolute Gasteiger partial charge is 0.313 e. The monoisotopic (exact) mass is 338 g/mol. The molecular formula is C24H22N2. The molecule has 0 spiro atoms. The first-order chi connectivity index (χ1) is 12.8. The fourth-order valence-electron chi connectivity index (χ4n) is 4.08. The number of hydrogen-bond acceptors (Lipinski definition) is 2. The predicted molar refractivity (Wildman–Crippen MR) is 106 cm³/mol. The second-order valence-electron chi connectivity index (χ2n) is 6.87. The van der Waals surface area contributed by atoms with Crippen molar-refractivity contribution in [3.63, 3.8) is 0 Å². The van der Waals surface area contributed by atoms with Crippen LogP contribution in [0.3, 0.4) is 0 Å². The molecule has 0 aromatic heterocycles. The maximum Gasteiger partial charge on any atom is 0.108 e. The van der Waals surface area contributed by atoms with Gasteiger partial charge in [-0.05, 0) is 47.2 Å². The highest BCUT2D eigenvalue weighted by molar-refractivity contribution is 5.82. The molecule has 0 saturated carbocycles. The van der Waals surface area contributed by atoms with Crippen molar-refractivity contribution in [1.82, 2.24) is 5.32 Å². The van der Waals surface area contributed by atoms with Crippen molar-refractivity contribution in [2.24, 2.45) is 0 Å². The molecular weight excluding hydrogens is 316 g/mol. The molecule has 0 amide bonds. The molecule has 2 nitrogen and oxygen atoms in total. The van der Waals surface area contributed by atoms with Gasteiger partial charge < -0.3 is 5.32 Å². The van der Waals surface area contributed by atoms with Gasteiger partial charge in [0, 0.05) is 6.54 Å². The summed E-state index contributed by atoms with van der Waals surface area (Å²) in [5.74, 6) is 0. The minimum Gasteiger partial charge on any atom is -0.313 e. The Morgan fingerprint density at radius 3 is 1.96 bits per heavy atom. The standard InChI is InChI=1S/C24H22N2/c25-18-24(15-8-16-26-17-19-9-2-1-3-10-19)22-13-6-4-11-20(22)21-12-5-7-14-23(21)24/h1-7,9-14,26H,8,15-17H2. The fraction of sp³-hybridized carbons (Fsp3) is 0.208. The summed E-state index contributed by atoms with van der Waals surface area (Å²) >= 11 is 0. The molecule has 2 heteroatoms. The van der Waals surface area contributed by atoms with Gasteiger partial charge in [-0.2, -0.15) is 5.26 Å². The van der Waals surface area contributed by atoms with E-state index in [-0.39, 0.29) is 0 Å². The van der Waals surface area contributed by atoms with Crippen molar-refractivity contribution >= 4 is 0 Å². The summed E-state index contributed by atoms with van der Waals surface area (Å²) in [4.78, 5) is 0. The molecule has 0 atom stereocenters. The minimum atomic E-state index is -0.526. The maximum atomic E-state index is 10.2. The van der Waals surface area contributed by atoms with Crippen LogP contribution in [0.4, 0.5) is 0 Å². The highest BCUT2D eigenvalue weighted by Crippen LogP contribution is 2.50. The second-order valence-corrected chi connectivity index (χ2v) is 6.87. The minimum absolute atomic E-state index is 0.526. The lowest BCUT2D eigenvalue weighted by Gasteiger charge is -2.24. The van der Waals surface area contributed by atoms with Gasteiger partial charge >= 0.3 is 0 Å². The molecule has 1 N–H and O–H groups in total. The fourth-order valence-corrected chi connectivity index (χ4v) is 4.08. The van der Waals surface area contributed by atoms with Crippen LogP contribution in [0.2, 0.25) is 0 Å². The molecule has 0 aliphatic heterocycles. The van der Waals surface area contributed by atoms with Crippen molar-refractivity contribution in [2.75, 3.05) is 6.54 Å². The summed E-state index contributed by atoms with van der Waals surface area (Å²) in [6.45, 7) is 1.77. The van der Waals surface area contributed by atoms with Crippen molar-refractivity contribution in [2.45, 2.75) is 24.8 Å². The van der Waals surface area contributed by atoms with E-state index in [9.17, 15) is 5.26 Å². The molecule has 0 bridgehead atoms. The van der Waals surface area contributed by atoms with Crippen LogP contribution in [0.25, 0.3) is 11.1 Å². The first kappa shape index (κ1) is 16.6. The molecule has 3 aromatic rings. The highest BCUT2D eigenvalue weighted by atomic mass is 14.8. The summed E-state index contributed by atoms with van der Waals surface area (Å²) in [5.41, 5.74) is 5.50. The Kier molecular flexibility index (Phi) is 4.56. The van der Waals surface area contributed by atoms with E-state index in [0.717, 1.165) is 37.1 Å². The summed E-state index contributed by atoms with van der Waals surface area (Å²) in [6, 6.07) is 29.8.